The molecule has 130 valence electrons. The van der Waals surface area contributed by atoms with Gasteiger partial charge in [0, 0.05) is 0 Å². The summed E-state index contributed by atoms with van der Waals surface area (Å²) < 4.78 is 58.9. The molecule has 1 N–H and O–H groups in total. The van der Waals surface area contributed by atoms with Crippen molar-refractivity contribution < 1.29 is 26.7 Å². The summed E-state index contributed by atoms with van der Waals surface area (Å²) >= 11 is 0. The van der Waals surface area contributed by atoms with Gasteiger partial charge in [-0.2, -0.15) is 0 Å². The van der Waals surface area contributed by atoms with E-state index in [2.05, 4.69) is 4.98 Å². The number of nitrogens with one attached hydrogen (secondary N) is 1. The minimum absolute atomic E-state index is 0.00410. The molecular weight excluding hydrogens is 352 g/mol. The third-order valence-corrected chi connectivity index (χ3v) is 5.45. The third kappa shape index (κ3) is 2.78. The molecule has 0 aliphatic heterocycles. The molecule has 2 aromatic carbocycles. The predicted molar refractivity (Wildman–Crippen MR) is 86.1 cm³/mol. The zero-order chi connectivity index (χ0) is 18.2. The van der Waals surface area contributed by atoms with E-state index in [0.29, 0.717) is 0 Å². The molecule has 0 aliphatic carbocycles. The van der Waals surface area contributed by atoms with Gasteiger partial charge in [0.25, 0.3) is 0 Å². The summed E-state index contributed by atoms with van der Waals surface area (Å²) in [6.07, 6.45) is 0. The normalized spacial score (nSPS) is 11.6. The first-order valence-electron chi connectivity index (χ1n) is 7.34. The number of halogens is 2. The van der Waals surface area contributed by atoms with Crippen molar-refractivity contribution in [3.05, 3.63) is 59.8 Å². The van der Waals surface area contributed by atoms with E-state index in [1.165, 1.54) is 30.3 Å². The lowest BCUT2D eigenvalue weighted by molar-refractivity contribution is 0.0516. The molecular formula is C17H13F2NO4S. The number of aromatic amines is 1. The molecule has 0 aliphatic rings. The van der Waals surface area contributed by atoms with Gasteiger partial charge in [-0.25, -0.2) is 22.0 Å². The zero-order valence-electron chi connectivity index (χ0n) is 13.0. The molecule has 1 heterocycles. The lowest BCUT2D eigenvalue weighted by Gasteiger charge is -2.07. The molecule has 3 rings (SSSR count). The van der Waals surface area contributed by atoms with Crippen LogP contribution in [-0.4, -0.2) is 26.0 Å². The number of sulfone groups is 1. The van der Waals surface area contributed by atoms with Crippen LogP contribution in [0.5, 0.6) is 0 Å². The third-order valence-electron chi connectivity index (χ3n) is 3.61. The minimum Gasteiger partial charge on any atom is -0.461 e. The molecule has 1 aromatic heterocycles. The van der Waals surface area contributed by atoms with Crippen LogP contribution in [0, 0.1) is 11.6 Å². The van der Waals surface area contributed by atoms with Crippen molar-refractivity contribution in [2.45, 2.75) is 16.7 Å². The largest absolute Gasteiger partial charge is 0.461 e. The van der Waals surface area contributed by atoms with Crippen LogP contribution in [0.15, 0.2) is 52.3 Å². The van der Waals surface area contributed by atoms with Gasteiger partial charge in [-0.05, 0) is 31.2 Å². The van der Waals surface area contributed by atoms with Crippen LogP contribution in [0.4, 0.5) is 8.78 Å². The van der Waals surface area contributed by atoms with Crippen LogP contribution in [0.2, 0.25) is 0 Å². The Kier molecular flexibility index (Phi) is 4.30. The maximum atomic E-state index is 14.4. The Hall–Kier alpha value is -2.74. The molecule has 3 aromatic rings. The average molecular weight is 365 g/mol. The fourth-order valence-electron chi connectivity index (χ4n) is 2.53. The second-order valence-corrected chi connectivity index (χ2v) is 7.04. The van der Waals surface area contributed by atoms with E-state index in [4.69, 9.17) is 4.74 Å². The summed E-state index contributed by atoms with van der Waals surface area (Å²) in [6.45, 7) is 1.54. The SMILES string of the molecule is CCOC(=O)c1[nH]c2ccc(F)c(F)c2c1S(=O)(=O)c1ccccc1. The second-order valence-electron chi connectivity index (χ2n) is 5.15. The highest BCUT2D eigenvalue weighted by Gasteiger charge is 2.32. The summed E-state index contributed by atoms with van der Waals surface area (Å²) in [6, 6.07) is 9.22. The molecule has 8 heteroatoms. The van der Waals surface area contributed by atoms with Crippen molar-refractivity contribution in [1.82, 2.24) is 4.98 Å². The Morgan fingerprint density at radius 3 is 2.44 bits per heavy atom. The van der Waals surface area contributed by atoms with Gasteiger partial charge in [0.15, 0.2) is 11.6 Å². The average Bonchev–Trinajstić information content (AvgIpc) is 3.00. The van der Waals surface area contributed by atoms with Gasteiger partial charge in [0.1, 0.15) is 10.6 Å². The number of carbonyl (C=O) groups excluding carboxylic acids is 1. The Balaban J connectivity index is 2.41. The van der Waals surface area contributed by atoms with Crippen LogP contribution in [0.1, 0.15) is 17.4 Å². The number of carbonyl (C=O) groups is 1. The Labute approximate surface area is 142 Å². The Morgan fingerprint density at radius 1 is 1.12 bits per heavy atom. The first-order chi connectivity index (χ1) is 11.9. The van der Waals surface area contributed by atoms with Crippen LogP contribution in [0.3, 0.4) is 0 Å². The first kappa shape index (κ1) is 17.1. The van der Waals surface area contributed by atoms with Gasteiger partial charge in [-0.3, -0.25) is 0 Å². The van der Waals surface area contributed by atoms with E-state index in [9.17, 15) is 22.0 Å². The van der Waals surface area contributed by atoms with Gasteiger partial charge in [0.05, 0.1) is 22.4 Å². The summed E-state index contributed by atoms with van der Waals surface area (Å²) in [7, 11) is -4.29. The number of ether oxygens (including phenoxy) is 1. The van der Waals surface area contributed by atoms with Crippen LogP contribution < -0.4 is 0 Å². The topological polar surface area (TPSA) is 76.2 Å². The molecule has 5 nitrogen and oxygen atoms in total. The van der Waals surface area contributed by atoms with Crippen LogP contribution in [-0.2, 0) is 14.6 Å². The Bertz CT molecular complexity index is 1060. The van der Waals surface area contributed by atoms with Gasteiger partial charge >= 0.3 is 5.97 Å². The molecule has 0 saturated heterocycles. The quantitative estimate of drug-likeness (QED) is 0.719. The first-order valence-corrected chi connectivity index (χ1v) is 8.83. The number of rotatable bonds is 4. The van der Waals surface area contributed by atoms with Gasteiger partial charge in [-0.1, -0.05) is 18.2 Å². The summed E-state index contributed by atoms with van der Waals surface area (Å²) in [5.74, 6) is -3.53. The van der Waals surface area contributed by atoms with Gasteiger partial charge in [-0.15, -0.1) is 0 Å². The molecule has 0 saturated carbocycles. The van der Waals surface area contributed by atoms with Crippen molar-refractivity contribution in [1.29, 1.82) is 0 Å². The zero-order valence-corrected chi connectivity index (χ0v) is 13.9. The number of benzene rings is 2. The van der Waals surface area contributed by atoms with Crippen molar-refractivity contribution in [3.63, 3.8) is 0 Å². The smallest absolute Gasteiger partial charge is 0.356 e. The van der Waals surface area contributed by atoms with Crippen molar-refractivity contribution >= 4 is 26.7 Å². The van der Waals surface area contributed by atoms with E-state index >= 15 is 0 Å². The molecule has 0 unspecified atom stereocenters. The molecule has 0 spiro atoms. The fourth-order valence-corrected chi connectivity index (χ4v) is 4.15. The lowest BCUT2D eigenvalue weighted by Crippen LogP contribution is -2.12. The molecule has 0 amide bonds. The van der Waals surface area contributed by atoms with E-state index < -0.39 is 43.4 Å². The van der Waals surface area contributed by atoms with Crippen molar-refractivity contribution in [3.8, 4) is 0 Å². The van der Waals surface area contributed by atoms with E-state index in [1.807, 2.05) is 0 Å². The Morgan fingerprint density at radius 2 is 1.80 bits per heavy atom. The van der Waals surface area contributed by atoms with E-state index in [1.54, 1.807) is 13.0 Å². The molecule has 0 fully saturated rings. The monoisotopic (exact) mass is 365 g/mol. The standard InChI is InChI=1S/C17H13F2NO4S/c1-2-24-17(21)15-16(25(22,23)10-6-4-3-5-7-10)13-12(20-15)9-8-11(18)14(13)19/h3-9,20H,2H2,1H3. The fraction of sp³-hybridized carbons (Fsp3) is 0.118. The van der Waals surface area contributed by atoms with Gasteiger partial charge in [0.2, 0.25) is 9.84 Å². The summed E-state index contributed by atoms with van der Waals surface area (Å²) in [5, 5.41) is -0.507. The molecule has 0 atom stereocenters. The highest BCUT2D eigenvalue weighted by Crippen LogP contribution is 2.34. The maximum Gasteiger partial charge on any atom is 0.356 e. The molecule has 25 heavy (non-hydrogen) atoms. The molecule has 0 bridgehead atoms. The van der Waals surface area contributed by atoms with E-state index in [0.717, 1.165) is 6.07 Å². The van der Waals surface area contributed by atoms with Gasteiger partial charge < -0.3 is 9.72 Å². The maximum absolute atomic E-state index is 14.4. The predicted octanol–water partition coefficient (Wildman–Crippen LogP) is 3.46. The number of esters is 1. The summed E-state index contributed by atoms with van der Waals surface area (Å²) in [5.41, 5.74) is -0.457. The molecule has 0 radical (unpaired) electrons. The highest BCUT2D eigenvalue weighted by atomic mass is 32.2. The van der Waals surface area contributed by atoms with Crippen molar-refractivity contribution in [2.24, 2.45) is 0 Å². The lowest BCUT2D eigenvalue weighted by atomic mass is 10.2. The number of fused-ring (bicyclic) bond motifs is 1. The van der Waals surface area contributed by atoms with Crippen LogP contribution in [0.25, 0.3) is 10.9 Å². The summed E-state index contributed by atoms with van der Waals surface area (Å²) in [4.78, 5) is 13.9. The highest BCUT2D eigenvalue weighted by molar-refractivity contribution is 7.91. The van der Waals surface area contributed by atoms with Crippen LogP contribution >= 0.6 is 0 Å². The van der Waals surface area contributed by atoms with E-state index in [-0.39, 0.29) is 17.0 Å². The number of hydrogen-bond acceptors (Lipinski definition) is 4. The number of aromatic nitrogens is 1. The minimum atomic E-state index is -4.29. The second kappa shape index (κ2) is 6.29. The number of hydrogen-bond donors (Lipinski definition) is 1. The van der Waals surface area contributed by atoms with Crippen molar-refractivity contribution in [2.75, 3.05) is 6.61 Å². The number of H-pyrrole nitrogens is 1.